The van der Waals surface area contributed by atoms with Crippen LogP contribution in [-0.2, 0) is 13.1 Å². The highest BCUT2D eigenvalue weighted by Gasteiger charge is 2.20. The van der Waals surface area contributed by atoms with Gasteiger partial charge in [0.25, 0.3) is 0 Å². The molecule has 0 radical (unpaired) electrons. The molecule has 3 heterocycles. The Labute approximate surface area is 102 Å². The van der Waals surface area contributed by atoms with Crippen LogP contribution in [0.1, 0.15) is 16.1 Å². The molecule has 0 unspecified atom stereocenters. The summed E-state index contributed by atoms with van der Waals surface area (Å²) >= 11 is 0. The summed E-state index contributed by atoms with van der Waals surface area (Å²) in [4.78, 5) is 27.0. The Balaban J connectivity index is 2.26. The summed E-state index contributed by atoms with van der Waals surface area (Å²) in [5.74, 6) is -0.479. The normalized spacial score (nSPS) is 12.9. The number of carboxylic acids is 1. The molecule has 3 rings (SSSR count). The van der Waals surface area contributed by atoms with Crippen LogP contribution in [0.5, 0.6) is 0 Å². The second kappa shape index (κ2) is 3.56. The van der Waals surface area contributed by atoms with Crippen molar-refractivity contribution in [1.29, 1.82) is 0 Å². The van der Waals surface area contributed by atoms with Crippen molar-refractivity contribution in [3.63, 3.8) is 0 Å². The fourth-order valence-corrected chi connectivity index (χ4v) is 2.25. The molecule has 1 N–H and O–H groups in total. The Bertz CT molecular complexity index is 712. The van der Waals surface area contributed by atoms with E-state index in [-0.39, 0.29) is 5.56 Å². The maximum atomic E-state index is 11.7. The smallest absolute Gasteiger partial charge is 0.341 e. The second-order valence-electron chi connectivity index (χ2n) is 4.33. The molecule has 92 valence electrons. The van der Waals surface area contributed by atoms with Crippen LogP contribution in [0, 0.1) is 6.92 Å². The zero-order valence-electron chi connectivity index (χ0n) is 9.75. The van der Waals surface area contributed by atoms with E-state index in [2.05, 4.69) is 4.98 Å². The third kappa shape index (κ3) is 1.46. The van der Waals surface area contributed by atoms with E-state index >= 15 is 0 Å². The van der Waals surface area contributed by atoms with Crippen LogP contribution in [-0.4, -0.2) is 25.2 Å². The number of fused-ring (bicyclic) bond motifs is 3. The fourth-order valence-electron chi connectivity index (χ4n) is 2.25. The first-order chi connectivity index (χ1) is 8.56. The quantitative estimate of drug-likeness (QED) is 0.803. The third-order valence-electron chi connectivity index (χ3n) is 3.07. The highest BCUT2D eigenvalue weighted by Crippen LogP contribution is 2.22. The van der Waals surface area contributed by atoms with E-state index in [0.717, 1.165) is 12.2 Å². The number of pyridine rings is 1. The molecule has 0 saturated heterocycles. The summed E-state index contributed by atoms with van der Waals surface area (Å²) in [6.07, 6.45) is 3.32. The number of carboxylic acid groups (broad SMARTS) is 1. The lowest BCUT2D eigenvalue weighted by molar-refractivity contribution is 0.0694. The van der Waals surface area contributed by atoms with Crippen molar-refractivity contribution < 1.29 is 9.90 Å². The van der Waals surface area contributed by atoms with Crippen LogP contribution in [0.3, 0.4) is 0 Å². The van der Waals surface area contributed by atoms with Crippen LogP contribution in [0.2, 0.25) is 0 Å². The predicted molar refractivity (Wildman–Crippen MR) is 63.6 cm³/mol. The van der Waals surface area contributed by atoms with Gasteiger partial charge < -0.3 is 14.2 Å². The van der Waals surface area contributed by atoms with Gasteiger partial charge in [-0.05, 0) is 6.92 Å². The molecule has 0 fully saturated rings. The molecule has 6 heteroatoms. The summed E-state index contributed by atoms with van der Waals surface area (Å²) in [5.41, 5.74) is 0.871. The fraction of sp³-hybridized carbons (Fsp3) is 0.250. The molecule has 18 heavy (non-hydrogen) atoms. The van der Waals surface area contributed by atoms with E-state index in [9.17, 15) is 9.59 Å². The number of imidazole rings is 1. The Morgan fingerprint density at radius 1 is 1.33 bits per heavy atom. The first-order valence-corrected chi connectivity index (χ1v) is 5.58. The SMILES string of the molecule is Cc1cn2c(n1)-c1cc(=O)c(C(=O)O)cn1CC2. The van der Waals surface area contributed by atoms with Gasteiger partial charge in [0.05, 0.1) is 11.4 Å². The summed E-state index contributed by atoms with van der Waals surface area (Å²) in [7, 11) is 0. The van der Waals surface area contributed by atoms with Crippen LogP contribution in [0.4, 0.5) is 0 Å². The molecular formula is C12H11N3O3. The summed E-state index contributed by atoms with van der Waals surface area (Å²) in [6.45, 7) is 3.25. The van der Waals surface area contributed by atoms with Crippen LogP contribution in [0.25, 0.3) is 11.5 Å². The largest absolute Gasteiger partial charge is 0.477 e. The number of carbonyl (C=O) groups is 1. The van der Waals surface area contributed by atoms with Crippen molar-refractivity contribution in [2.75, 3.05) is 0 Å². The average Bonchev–Trinajstić information content (AvgIpc) is 2.69. The molecule has 2 aromatic rings. The van der Waals surface area contributed by atoms with Gasteiger partial charge in [0, 0.05) is 31.5 Å². The Morgan fingerprint density at radius 2 is 2.06 bits per heavy atom. The zero-order chi connectivity index (χ0) is 12.9. The van der Waals surface area contributed by atoms with Gasteiger partial charge >= 0.3 is 5.97 Å². The van der Waals surface area contributed by atoms with Crippen molar-refractivity contribution in [3.05, 3.63) is 39.9 Å². The molecular weight excluding hydrogens is 234 g/mol. The average molecular weight is 245 g/mol. The molecule has 2 aromatic heterocycles. The molecule has 0 aliphatic carbocycles. The van der Waals surface area contributed by atoms with Crippen molar-refractivity contribution in [3.8, 4) is 11.5 Å². The molecule has 0 saturated carbocycles. The number of aromatic carboxylic acids is 1. The molecule has 0 atom stereocenters. The number of hydrogen-bond donors (Lipinski definition) is 1. The van der Waals surface area contributed by atoms with Gasteiger partial charge in [-0.2, -0.15) is 0 Å². The summed E-state index contributed by atoms with van der Waals surface area (Å²) in [5, 5.41) is 8.93. The van der Waals surface area contributed by atoms with Crippen LogP contribution in [0.15, 0.2) is 23.3 Å². The summed E-state index contributed by atoms with van der Waals surface area (Å²) in [6, 6.07) is 1.35. The van der Waals surface area contributed by atoms with Gasteiger partial charge in [-0.15, -0.1) is 0 Å². The van der Waals surface area contributed by atoms with Crippen molar-refractivity contribution in [2.45, 2.75) is 20.0 Å². The minimum atomic E-state index is -1.19. The van der Waals surface area contributed by atoms with Crippen molar-refractivity contribution in [1.82, 2.24) is 14.1 Å². The lowest BCUT2D eigenvalue weighted by Crippen LogP contribution is -2.24. The number of rotatable bonds is 1. The minimum Gasteiger partial charge on any atom is -0.477 e. The van der Waals surface area contributed by atoms with Gasteiger partial charge in [0.2, 0.25) is 0 Å². The maximum absolute atomic E-state index is 11.7. The molecule has 0 bridgehead atoms. The Kier molecular flexibility index (Phi) is 2.13. The minimum absolute atomic E-state index is 0.199. The lowest BCUT2D eigenvalue weighted by Gasteiger charge is -2.20. The first-order valence-electron chi connectivity index (χ1n) is 5.58. The number of nitrogens with zero attached hydrogens (tertiary/aromatic N) is 3. The molecule has 6 nitrogen and oxygen atoms in total. The standard InChI is InChI=1S/C12H11N3O3/c1-7-5-15-3-2-14-6-8(12(17)18)10(16)4-9(14)11(15)13-7/h4-6H,2-3H2,1H3,(H,17,18). The van der Waals surface area contributed by atoms with Crippen molar-refractivity contribution >= 4 is 5.97 Å². The van der Waals surface area contributed by atoms with E-state index in [4.69, 9.17) is 5.11 Å². The van der Waals surface area contributed by atoms with Gasteiger partial charge in [-0.1, -0.05) is 0 Å². The molecule has 0 spiro atoms. The van der Waals surface area contributed by atoms with Crippen LogP contribution < -0.4 is 5.43 Å². The third-order valence-corrected chi connectivity index (χ3v) is 3.07. The summed E-state index contributed by atoms with van der Waals surface area (Å²) < 4.78 is 3.75. The number of aromatic nitrogens is 3. The maximum Gasteiger partial charge on any atom is 0.341 e. The molecule has 1 aliphatic rings. The van der Waals surface area contributed by atoms with Gasteiger partial charge in [0.15, 0.2) is 11.3 Å². The second-order valence-corrected chi connectivity index (χ2v) is 4.33. The van der Waals surface area contributed by atoms with E-state index in [0.29, 0.717) is 18.1 Å². The van der Waals surface area contributed by atoms with E-state index in [1.54, 1.807) is 4.57 Å². The Hall–Kier alpha value is -2.37. The monoisotopic (exact) mass is 245 g/mol. The Morgan fingerprint density at radius 3 is 2.78 bits per heavy atom. The van der Waals surface area contributed by atoms with E-state index in [1.807, 2.05) is 17.7 Å². The van der Waals surface area contributed by atoms with Crippen LogP contribution >= 0.6 is 0 Å². The van der Waals surface area contributed by atoms with E-state index < -0.39 is 11.4 Å². The molecule has 0 amide bonds. The molecule has 1 aliphatic heterocycles. The lowest BCUT2D eigenvalue weighted by atomic mass is 10.2. The first kappa shape index (κ1) is 10.8. The predicted octanol–water partition coefficient (Wildman–Crippen LogP) is 0.732. The number of hydrogen-bond acceptors (Lipinski definition) is 3. The molecule has 0 aromatic carbocycles. The number of aryl methyl sites for hydroxylation is 3. The highest BCUT2D eigenvalue weighted by atomic mass is 16.4. The topological polar surface area (TPSA) is 77.1 Å². The van der Waals surface area contributed by atoms with E-state index in [1.165, 1.54) is 12.3 Å². The van der Waals surface area contributed by atoms with Gasteiger partial charge in [0.1, 0.15) is 5.56 Å². The highest BCUT2D eigenvalue weighted by molar-refractivity contribution is 5.87. The van der Waals surface area contributed by atoms with Gasteiger partial charge in [-0.3, -0.25) is 4.79 Å². The van der Waals surface area contributed by atoms with Gasteiger partial charge in [-0.25, -0.2) is 9.78 Å². The zero-order valence-corrected chi connectivity index (χ0v) is 9.75. The van der Waals surface area contributed by atoms with Crippen molar-refractivity contribution in [2.24, 2.45) is 0 Å².